The fourth-order valence-corrected chi connectivity index (χ4v) is 6.53. The van der Waals surface area contributed by atoms with E-state index in [0.29, 0.717) is 31.9 Å². The van der Waals surface area contributed by atoms with Crippen LogP contribution in [0, 0.1) is 10.8 Å². The Morgan fingerprint density at radius 1 is 0.875 bits per heavy atom. The van der Waals surface area contributed by atoms with Crippen molar-refractivity contribution in [2.45, 2.75) is 45.5 Å². The van der Waals surface area contributed by atoms with Crippen molar-refractivity contribution in [1.29, 1.82) is 0 Å². The van der Waals surface area contributed by atoms with Crippen LogP contribution in [-0.4, -0.2) is 47.3 Å². The van der Waals surface area contributed by atoms with Crippen LogP contribution >= 0.6 is 0 Å². The molecule has 0 bridgehead atoms. The number of phenolic OH excluding ortho intramolecular Hbond substituents is 1. The molecule has 1 aliphatic carbocycles. The molecule has 0 atom stereocenters. The first kappa shape index (κ1) is 22.9. The lowest BCUT2D eigenvalue weighted by Crippen LogP contribution is -2.79. The summed E-state index contributed by atoms with van der Waals surface area (Å²) in [5.41, 5.74) is -1.23. The van der Waals surface area contributed by atoms with Gasteiger partial charge in [-0.15, -0.1) is 0 Å². The highest BCUT2D eigenvalue weighted by Gasteiger charge is 2.73. The molecule has 4 rings (SSSR count). The average molecular weight is 449 g/mol. The highest BCUT2D eigenvalue weighted by atomic mass is 19.4. The van der Waals surface area contributed by atoms with Gasteiger partial charge in [-0.05, 0) is 35.9 Å². The topological polar surface area (TPSA) is 46.9 Å². The Morgan fingerprint density at radius 2 is 1.44 bits per heavy atom. The molecule has 7 heteroatoms. The second-order valence-corrected chi connectivity index (χ2v) is 10.2. The van der Waals surface area contributed by atoms with Crippen LogP contribution in [-0.2, 0) is 11.8 Å². The maximum Gasteiger partial charge on any atom is 0.416 e. The highest BCUT2D eigenvalue weighted by Crippen LogP contribution is 2.68. The summed E-state index contributed by atoms with van der Waals surface area (Å²) in [5, 5.41) is 21.5. The van der Waals surface area contributed by atoms with Crippen molar-refractivity contribution in [3.63, 3.8) is 0 Å². The lowest BCUT2D eigenvalue weighted by Gasteiger charge is -2.72. The fraction of sp³-hybridized carbons (Fsp3) is 0.520. The second kappa shape index (κ2) is 7.39. The summed E-state index contributed by atoms with van der Waals surface area (Å²) < 4.78 is 39.3. The molecule has 2 N–H and O–H groups in total. The van der Waals surface area contributed by atoms with Crippen molar-refractivity contribution in [2.24, 2.45) is 10.8 Å². The summed E-state index contributed by atoms with van der Waals surface area (Å²) in [5.74, 6) is 0.162. The first-order valence-corrected chi connectivity index (χ1v) is 11.0. The predicted molar refractivity (Wildman–Crippen MR) is 119 cm³/mol. The Hall–Kier alpha value is -2.25. The smallest absolute Gasteiger partial charge is 0.416 e. The van der Waals surface area contributed by atoms with Gasteiger partial charge < -0.3 is 15.1 Å². The zero-order valence-electron chi connectivity index (χ0n) is 18.9. The molecule has 174 valence electrons. The van der Waals surface area contributed by atoms with E-state index >= 15 is 0 Å². The van der Waals surface area contributed by atoms with E-state index < -0.39 is 28.2 Å². The molecular weight excluding hydrogens is 417 g/mol. The summed E-state index contributed by atoms with van der Waals surface area (Å²) >= 11 is 0. The van der Waals surface area contributed by atoms with Crippen LogP contribution in [0.5, 0.6) is 5.75 Å². The summed E-state index contributed by atoms with van der Waals surface area (Å²) in [6.45, 7) is 10.9. The second-order valence-electron chi connectivity index (χ2n) is 10.2. The third-order valence-electron chi connectivity index (χ3n) is 7.74. The molecule has 0 spiro atoms. The SMILES string of the molecule is CC1(C)C(N2CCN(c3cccc(C(F)(F)F)c3)CC2)C(C)(C)C1(O)c1ccc(O)cc1. The van der Waals surface area contributed by atoms with E-state index in [1.54, 1.807) is 30.3 Å². The summed E-state index contributed by atoms with van der Waals surface area (Å²) in [4.78, 5) is 4.36. The van der Waals surface area contributed by atoms with Gasteiger partial charge in [0.25, 0.3) is 0 Å². The number of aromatic hydroxyl groups is 1. The lowest BCUT2D eigenvalue weighted by molar-refractivity contribution is -0.307. The molecule has 1 saturated heterocycles. The molecule has 2 aromatic rings. The molecular formula is C25H31F3N2O2. The number of benzene rings is 2. The quantitative estimate of drug-likeness (QED) is 0.704. The number of piperazine rings is 1. The van der Waals surface area contributed by atoms with E-state index in [1.807, 2.05) is 4.90 Å². The van der Waals surface area contributed by atoms with Gasteiger partial charge in [0.05, 0.1) is 5.56 Å². The van der Waals surface area contributed by atoms with Gasteiger partial charge in [0.15, 0.2) is 0 Å². The maximum atomic E-state index is 13.1. The van der Waals surface area contributed by atoms with Gasteiger partial charge in [-0.1, -0.05) is 45.9 Å². The first-order chi connectivity index (χ1) is 14.8. The van der Waals surface area contributed by atoms with Crippen molar-refractivity contribution < 1.29 is 23.4 Å². The number of rotatable bonds is 3. The van der Waals surface area contributed by atoms with Crippen molar-refractivity contribution >= 4 is 5.69 Å². The molecule has 0 aromatic heterocycles. The van der Waals surface area contributed by atoms with Gasteiger partial charge in [0.1, 0.15) is 11.4 Å². The van der Waals surface area contributed by atoms with Crippen molar-refractivity contribution in [2.75, 3.05) is 31.1 Å². The molecule has 1 aliphatic heterocycles. The van der Waals surface area contributed by atoms with Gasteiger partial charge in [-0.25, -0.2) is 0 Å². The summed E-state index contributed by atoms with van der Waals surface area (Å²) in [6.07, 6.45) is -4.35. The van der Waals surface area contributed by atoms with Crippen LogP contribution in [0.3, 0.4) is 0 Å². The minimum absolute atomic E-state index is 0.0949. The van der Waals surface area contributed by atoms with Crippen molar-refractivity contribution in [3.8, 4) is 5.75 Å². The molecule has 1 heterocycles. The van der Waals surface area contributed by atoms with Gasteiger partial charge in [0, 0.05) is 48.7 Å². The zero-order valence-corrected chi connectivity index (χ0v) is 18.9. The van der Waals surface area contributed by atoms with Crippen LogP contribution in [0.2, 0.25) is 0 Å². The van der Waals surface area contributed by atoms with E-state index in [2.05, 4.69) is 32.6 Å². The maximum absolute atomic E-state index is 13.1. The Bertz CT molecular complexity index is 961. The first-order valence-electron chi connectivity index (χ1n) is 11.0. The van der Waals surface area contributed by atoms with E-state index in [-0.39, 0.29) is 11.8 Å². The fourth-order valence-electron chi connectivity index (χ4n) is 6.53. The third kappa shape index (κ3) is 3.28. The largest absolute Gasteiger partial charge is 0.508 e. The highest BCUT2D eigenvalue weighted by molar-refractivity contribution is 5.50. The van der Waals surface area contributed by atoms with Crippen molar-refractivity contribution in [1.82, 2.24) is 4.90 Å². The number of hydrogen-bond donors (Lipinski definition) is 2. The monoisotopic (exact) mass is 448 g/mol. The minimum Gasteiger partial charge on any atom is -0.508 e. The number of phenols is 1. The van der Waals surface area contributed by atoms with Gasteiger partial charge in [-0.3, -0.25) is 4.90 Å². The Morgan fingerprint density at radius 3 is 1.97 bits per heavy atom. The third-order valence-corrected chi connectivity index (χ3v) is 7.74. The number of alkyl halides is 3. The molecule has 0 radical (unpaired) electrons. The number of hydrogen-bond acceptors (Lipinski definition) is 4. The van der Waals surface area contributed by atoms with Gasteiger partial charge in [0.2, 0.25) is 0 Å². The van der Waals surface area contributed by atoms with Crippen LogP contribution in [0.25, 0.3) is 0 Å². The number of aliphatic hydroxyl groups is 1. The predicted octanol–water partition coefficient (Wildman–Crippen LogP) is 4.86. The van der Waals surface area contributed by atoms with E-state index in [4.69, 9.17) is 0 Å². The Kier molecular flexibility index (Phi) is 5.29. The van der Waals surface area contributed by atoms with Gasteiger partial charge >= 0.3 is 6.18 Å². The standard InChI is InChI=1S/C25H31F3N2O2/c1-22(2)21(23(3,4)24(22,32)17-8-10-20(31)11-9-17)30-14-12-29(13-15-30)19-7-5-6-18(16-19)25(26,27)28/h5-11,16,21,31-32H,12-15H2,1-4H3. The van der Waals surface area contributed by atoms with E-state index in [1.165, 1.54) is 12.1 Å². The van der Waals surface area contributed by atoms with Crippen LogP contribution in [0.4, 0.5) is 18.9 Å². The van der Waals surface area contributed by atoms with Gasteiger partial charge in [-0.2, -0.15) is 13.2 Å². The number of anilines is 1. The average Bonchev–Trinajstić information content (AvgIpc) is 2.73. The Balaban J connectivity index is 1.51. The molecule has 0 amide bonds. The molecule has 4 nitrogen and oxygen atoms in total. The summed E-state index contributed by atoms with van der Waals surface area (Å²) in [6, 6.07) is 12.4. The number of halogens is 3. The Labute approximate surface area is 187 Å². The van der Waals surface area contributed by atoms with Crippen LogP contribution in [0.15, 0.2) is 48.5 Å². The summed E-state index contributed by atoms with van der Waals surface area (Å²) in [7, 11) is 0. The van der Waals surface area contributed by atoms with E-state index in [9.17, 15) is 23.4 Å². The molecule has 2 fully saturated rings. The van der Waals surface area contributed by atoms with Crippen LogP contribution < -0.4 is 4.90 Å². The molecule has 32 heavy (non-hydrogen) atoms. The molecule has 2 aromatic carbocycles. The zero-order chi connectivity index (χ0) is 23.5. The van der Waals surface area contributed by atoms with Crippen molar-refractivity contribution in [3.05, 3.63) is 59.7 Å². The molecule has 0 unspecified atom stereocenters. The van der Waals surface area contributed by atoms with Crippen LogP contribution in [0.1, 0.15) is 38.8 Å². The number of nitrogens with zero attached hydrogens (tertiary/aromatic N) is 2. The lowest BCUT2D eigenvalue weighted by atomic mass is 9.39. The molecule has 1 saturated carbocycles. The molecule has 2 aliphatic rings. The van der Waals surface area contributed by atoms with E-state index in [0.717, 1.165) is 11.6 Å². The minimum atomic E-state index is -4.35. The normalized spacial score (nSPS) is 27.8.